The molecule has 0 saturated carbocycles. The van der Waals surface area contributed by atoms with Crippen molar-refractivity contribution < 1.29 is 9.59 Å². The molecule has 0 unspecified atom stereocenters. The predicted molar refractivity (Wildman–Crippen MR) is 123 cm³/mol. The molecule has 156 valence electrons. The number of benzene rings is 3. The van der Waals surface area contributed by atoms with Gasteiger partial charge >= 0.3 is 0 Å². The number of hydrogen-bond acceptors (Lipinski definition) is 3. The van der Waals surface area contributed by atoms with Crippen LogP contribution in [0.25, 0.3) is 21.8 Å². The molecular formula is C25H23N3O3. The van der Waals surface area contributed by atoms with E-state index in [2.05, 4.69) is 5.32 Å². The van der Waals surface area contributed by atoms with Crippen LogP contribution in [0, 0.1) is 0 Å². The van der Waals surface area contributed by atoms with Crippen molar-refractivity contribution in [3.05, 3.63) is 88.6 Å². The van der Waals surface area contributed by atoms with Crippen molar-refractivity contribution in [1.29, 1.82) is 0 Å². The number of aromatic nitrogens is 1. The van der Waals surface area contributed by atoms with Crippen LogP contribution in [0.3, 0.4) is 0 Å². The average Bonchev–Trinajstić information content (AvgIpc) is 2.78. The second-order valence-corrected chi connectivity index (χ2v) is 7.53. The van der Waals surface area contributed by atoms with E-state index in [1.54, 1.807) is 24.1 Å². The molecule has 0 bridgehead atoms. The summed E-state index contributed by atoms with van der Waals surface area (Å²) in [6.07, 6.45) is 0. The molecule has 0 aliphatic rings. The number of rotatable bonds is 5. The molecule has 1 N–H and O–H groups in total. The summed E-state index contributed by atoms with van der Waals surface area (Å²) >= 11 is 0. The fourth-order valence-electron chi connectivity index (χ4n) is 3.73. The number of carbonyl (C=O) groups is 2. The predicted octanol–water partition coefficient (Wildman–Crippen LogP) is 3.77. The van der Waals surface area contributed by atoms with Crippen LogP contribution < -0.4 is 10.7 Å². The molecule has 2 amide bonds. The van der Waals surface area contributed by atoms with E-state index in [0.29, 0.717) is 34.0 Å². The lowest BCUT2D eigenvalue weighted by molar-refractivity contribution is -0.128. The maximum atomic E-state index is 13.0. The standard InChI is InChI=1S/C25H23N3O3/c1-17(29)27(2)15-18-9-3-6-12-21(18)26-24(30)16-28-22-13-7-4-10-19(22)25(31)20-11-5-8-14-23(20)28/h3-14H,15-16H2,1-2H3,(H,26,30). The molecule has 0 saturated heterocycles. The largest absolute Gasteiger partial charge is 0.342 e. The smallest absolute Gasteiger partial charge is 0.244 e. The van der Waals surface area contributed by atoms with Crippen molar-refractivity contribution in [3.8, 4) is 0 Å². The third-order valence-electron chi connectivity index (χ3n) is 5.42. The maximum absolute atomic E-state index is 13.0. The first-order chi connectivity index (χ1) is 15.0. The molecule has 0 aliphatic carbocycles. The van der Waals surface area contributed by atoms with E-state index < -0.39 is 0 Å². The Hall–Kier alpha value is -3.93. The summed E-state index contributed by atoms with van der Waals surface area (Å²) in [6.45, 7) is 1.96. The Morgan fingerprint density at radius 2 is 1.42 bits per heavy atom. The third-order valence-corrected chi connectivity index (χ3v) is 5.42. The van der Waals surface area contributed by atoms with Crippen molar-refractivity contribution in [2.24, 2.45) is 0 Å². The molecule has 3 aromatic carbocycles. The SMILES string of the molecule is CC(=O)N(C)Cc1ccccc1NC(=O)Cn1c2ccccc2c(=O)c2ccccc21. The lowest BCUT2D eigenvalue weighted by atomic mass is 10.1. The van der Waals surface area contributed by atoms with Crippen molar-refractivity contribution >= 4 is 39.3 Å². The molecule has 0 radical (unpaired) electrons. The van der Waals surface area contributed by atoms with E-state index in [1.807, 2.05) is 65.2 Å². The number of anilines is 1. The molecule has 1 heterocycles. The van der Waals surface area contributed by atoms with Gasteiger partial charge in [0.25, 0.3) is 0 Å². The van der Waals surface area contributed by atoms with Crippen molar-refractivity contribution in [1.82, 2.24) is 9.47 Å². The van der Waals surface area contributed by atoms with Gasteiger partial charge in [0, 0.05) is 37.0 Å². The Morgan fingerprint density at radius 3 is 2.03 bits per heavy atom. The quantitative estimate of drug-likeness (QED) is 0.506. The number of nitrogens with one attached hydrogen (secondary N) is 1. The monoisotopic (exact) mass is 413 g/mol. The molecule has 0 aliphatic heterocycles. The minimum atomic E-state index is -0.211. The topological polar surface area (TPSA) is 71.4 Å². The molecular weight excluding hydrogens is 390 g/mol. The third kappa shape index (κ3) is 4.05. The molecule has 0 atom stereocenters. The molecule has 4 aromatic rings. The van der Waals surface area contributed by atoms with E-state index in [1.165, 1.54) is 6.92 Å². The Morgan fingerprint density at radius 1 is 0.871 bits per heavy atom. The maximum Gasteiger partial charge on any atom is 0.244 e. The Labute approximate surface area is 179 Å². The number of pyridine rings is 1. The lowest BCUT2D eigenvalue weighted by Crippen LogP contribution is -2.25. The van der Waals surface area contributed by atoms with Crippen LogP contribution in [0.5, 0.6) is 0 Å². The first-order valence-corrected chi connectivity index (χ1v) is 10.1. The van der Waals surface area contributed by atoms with Crippen LogP contribution in [0.15, 0.2) is 77.6 Å². The summed E-state index contributed by atoms with van der Waals surface area (Å²) in [6, 6.07) is 22.1. The molecule has 6 heteroatoms. The fourth-order valence-corrected chi connectivity index (χ4v) is 3.73. The summed E-state index contributed by atoms with van der Waals surface area (Å²) in [5.41, 5.74) is 2.90. The van der Waals surface area contributed by atoms with Gasteiger partial charge in [0.15, 0.2) is 5.43 Å². The van der Waals surface area contributed by atoms with Gasteiger partial charge in [-0.15, -0.1) is 0 Å². The number of hydrogen-bond donors (Lipinski definition) is 1. The van der Waals surface area contributed by atoms with Gasteiger partial charge in [-0.1, -0.05) is 42.5 Å². The summed E-state index contributed by atoms with van der Waals surface area (Å²) in [4.78, 5) is 39.1. The van der Waals surface area contributed by atoms with Gasteiger partial charge in [-0.3, -0.25) is 14.4 Å². The first kappa shape index (κ1) is 20.3. The van der Waals surface area contributed by atoms with Crippen LogP contribution in [0.2, 0.25) is 0 Å². The highest BCUT2D eigenvalue weighted by molar-refractivity contribution is 5.97. The lowest BCUT2D eigenvalue weighted by Gasteiger charge is -2.19. The fraction of sp³-hybridized carbons (Fsp3) is 0.160. The highest BCUT2D eigenvalue weighted by Crippen LogP contribution is 2.21. The van der Waals surface area contributed by atoms with Gasteiger partial charge in [0.05, 0.1) is 11.0 Å². The normalized spacial score (nSPS) is 10.9. The second-order valence-electron chi connectivity index (χ2n) is 7.53. The highest BCUT2D eigenvalue weighted by atomic mass is 16.2. The summed E-state index contributed by atoms with van der Waals surface area (Å²) in [5.74, 6) is -0.260. The molecule has 4 rings (SSSR count). The number of amides is 2. The first-order valence-electron chi connectivity index (χ1n) is 10.1. The number of para-hydroxylation sites is 3. The molecule has 6 nitrogen and oxygen atoms in total. The van der Waals surface area contributed by atoms with E-state index in [9.17, 15) is 14.4 Å². The average molecular weight is 413 g/mol. The number of fused-ring (bicyclic) bond motifs is 2. The van der Waals surface area contributed by atoms with Gasteiger partial charge in [-0.2, -0.15) is 0 Å². The van der Waals surface area contributed by atoms with Gasteiger partial charge < -0.3 is 14.8 Å². The van der Waals surface area contributed by atoms with E-state index in [4.69, 9.17) is 0 Å². The van der Waals surface area contributed by atoms with Crippen LogP contribution in [0.1, 0.15) is 12.5 Å². The van der Waals surface area contributed by atoms with Crippen LogP contribution in [-0.2, 0) is 22.7 Å². The van der Waals surface area contributed by atoms with Crippen LogP contribution in [0.4, 0.5) is 5.69 Å². The summed E-state index contributed by atoms with van der Waals surface area (Å²) < 4.78 is 1.87. The van der Waals surface area contributed by atoms with Crippen molar-refractivity contribution in [2.45, 2.75) is 20.0 Å². The number of carbonyl (C=O) groups excluding carboxylic acids is 2. The van der Waals surface area contributed by atoms with Gasteiger partial charge in [0.2, 0.25) is 11.8 Å². The molecule has 0 spiro atoms. The second kappa shape index (κ2) is 8.44. The minimum Gasteiger partial charge on any atom is -0.342 e. The van der Waals surface area contributed by atoms with Gasteiger partial charge in [-0.05, 0) is 35.9 Å². The zero-order valence-corrected chi connectivity index (χ0v) is 17.5. The van der Waals surface area contributed by atoms with Crippen LogP contribution in [-0.4, -0.2) is 28.3 Å². The zero-order valence-electron chi connectivity index (χ0n) is 17.5. The Bertz CT molecular complexity index is 1300. The number of nitrogens with zero attached hydrogens (tertiary/aromatic N) is 2. The Balaban J connectivity index is 1.70. The van der Waals surface area contributed by atoms with Gasteiger partial charge in [-0.25, -0.2) is 0 Å². The molecule has 31 heavy (non-hydrogen) atoms. The summed E-state index contributed by atoms with van der Waals surface area (Å²) in [5, 5.41) is 4.13. The zero-order chi connectivity index (χ0) is 22.0. The Kier molecular flexibility index (Phi) is 5.54. The van der Waals surface area contributed by atoms with Crippen LogP contribution >= 0.6 is 0 Å². The molecule has 0 fully saturated rings. The van der Waals surface area contributed by atoms with E-state index in [0.717, 1.165) is 5.56 Å². The van der Waals surface area contributed by atoms with Gasteiger partial charge in [0.1, 0.15) is 6.54 Å². The minimum absolute atomic E-state index is 0.0412. The van der Waals surface area contributed by atoms with Crippen molar-refractivity contribution in [3.63, 3.8) is 0 Å². The highest BCUT2D eigenvalue weighted by Gasteiger charge is 2.14. The van der Waals surface area contributed by atoms with Crippen molar-refractivity contribution in [2.75, 3.05) is 12.4 Å². The van der Waals surface area contributed by atoms with E-state index in [-0.39, 0.29) is 23.8 Å². The molecule has 1 aromatic heterocycles. The van der Waals surface area contributed by atoms with E-state index >= 15 is 0 Å². The summed E-state index contributed by atoms with van der Waals surface area (Å²) in [7, 11) is 1.72.